The van der Waals surface area contributed by atoms with Crippen molar-refractivity contribution in [3.8, 4) is 11.5 Å². The highest BCUT2D eigenvalue weighted by molar-refractivity contribution is 5.93. The van der Waals surface area contributed by atoms with Crippen molar-refractivity contribution in [3.63, 3.8) is 0 Å². The number of anilines is 1. The predicted octanol–water partition coefficient (Wildman–Crippen LogP) is 2.62. The summed E-state index contributed by atoms with van der Waals surface area (Å²) in [5, 5.41) is 13.3. The van der Waals surface area contributed by atoms with Gasteiger partial charge in [0.15, 0.2) is 6.61 Å². The van der Waals surface area contributed by atoms with Crippen LogP contribution in [0.15, 0.2) is 48.5 Å². The van der Waals surface area contributed by atoms with E-state index in [1.54, 1.807) is 24.3 Å². The van der Waals surface area contributed by atoms with Gasteiger partial charge in [-0.05, 0) is 18.2 Å². The van der Waals surface area contributed by atoms with Crippen LogP contribution in [0.3, 0.4) is 0 Å². The summed E-state index contributed by atoms with van der Waals surface area (Å²) in [5.74, 6) is 0.449. The molecule has 0 heterocycles. The van der Waals surface area contributed by atoms with E-state index in [1.807, 2.05) is 6.07 Å². The number of amides is 1. The predicted molar refractivity (Wildman–Crippen MR) is 80.2 cm³/mol. The fourth-order valence-corrected chi connectivity index (χ4v) is 1.76. The summed E-state index contributed by atoms with van der Waals surface area (Å²) in [6.07, 6.45) is 0. The third kappa shape index (κ3) is 3.95. The van der Waals surface area contributed by atoms with E-state index in [0.717, 1.165) is 0 Å². The van der Waals surface area contributed by atoms with Gasteiger partial charge < -0.3 is 14.8 Å². The molecule has 0 aliphatic heterocycles. The molecule has 0 atom stereocenters. The minimum Gasteiger partial charge on any atom is -0.495 e. The van der Waals surface area contributed by atoms with Gasteiger partial charge in [0, 0.05) is 12.1 Å². The van der Waals surface area contributed by atoms with Crippen LogP contribution in [0.5, 0.6) is 11.5 Å². The average Bonchev–Trinajstić information content (AvgIpc) is 2.53. The first-order chi connectivity index (χ1) is 10.6. The summed E-state index contributed by atoms with van der Waals surface area (Å²) in [6, 6.07) is 12.8. The number of para-hydroxylation sites is 1. The first-order valence-electron chi connectivity index (χ1n) is 6.40. The summed E-state index contributed by atoms with van der Waals surface area (Å²) < 4.78 is 10.4. The Labute approximate surface area is 126 Å². The van der Waals surface area contributed by atoms with Gasteiger partial charge in [-0.2, -0.15) is 0 Å². The van der Waals surface area contributed by atoms with Crippen molar-refractivity contribution >= 4 is 17.3 Å². The van der Waals surface area contributed by atoms with E-state index in [1.165, 1.54) is 25.3 Å². The molecule has 7 heteroatoms. The Morgan fingerprint density at radius 3 is 2.59 bits per heavy atom. The van der Waals surface area contributed by atoms with Crippen molar-refractivity contribution in [1.29, 1.82) is 0 Å². The van der Waals surface area contributed by atoms with E-state index in [2.05, 4.69) is 5.32 Å². The lowest BCUT2D eigenvalue weighted by atomic mass is 10.2. The lowest BCUT2D eigenvalue weighted by molar-refractivity contribution is -0.384. The number of methoxy groups -OCH3 is 1. The van der Waals surface area contributed by atoms with Crippen molar-refractivity contribution < 1.29 is 19.2 Å². The van der Waals surface area contributed by atoms with Crippen molar-refractivity contribution in [2.24, 2.45) is 0 Å². The van der Waals surface area contributed by atoms with Gasteiger partial charge in [0.25, 0.3) is 11.6 Å². The number of carbonyl (C=O) groups is 1. The molecule has 0 unspecified atom stereocenters. The van der Waals surface area contributed by atoms with Crippen LogP contribution in [0.4, 0.5) is 11.4 Å². The van der Waals surface area contributed by atoms with E-state index in [9.17, 15) is 14.9 Å². The molecule has 1 N–H and O–H groups in total. The number of nitrogens with zero attached hydrogens (tertiary/aromatic N) is 1. The standard InChI is InChI=1S/C15H14N2O5/c1-21-14-8-7-11(17(19)20)9-13(14)16-15(18)10-22-12-5-3-2-4-6-12/h2-9H,10H2,1H3,(H,16,18). The number of nitrogens with one attached hydrogen (secondary N) is 1. The van der Waals surface area contributed by atoms with Gasteiger partial charge in [-0.3, -0.25) is 14.9 Å². The van der Waals surface area contributed by atoms with Gasteiger partial charge in [0.1, 0.15) is 11.5 Å². The van der Waals surface area contributed by atoms with Gasteiger partial charge in [-0.25, -0.2) is 0 Å². The zero-order valence-electron chi connectivity index (χ0n) is 11.8. The topological polar surface area (TPSA) is 90.7 Å². The van der Waals surface area contributed by atoms with E-state index >= 15 is 0 Å². The number of benzene rings is 2. The van der Waals surface area contributed by atoms with Crippen LogP contribution in [0.2, 0.25) is 0 Å². The molecular weight excluding hydrogens is 288 g/mol. The highest BCUT2D eigenvalue weighted by atomic mass is 16.6. The molecule has 22 heavy (non-hydrogen) atoms. The molecule has 0 saturated carbocycles. The fraction of sp³-hybridized carbons (Fsp3) is 0.133. The molecule has 0 aliphatic rings. The number of hydrogen-bond donors (Lipinski definition) is 1. The van der Waals surface area contributed by atoms with E-state index in [4.69, 9.17) is 9.47 Å². The van der Waals surface area contributed by atoms with Crippen LogP contribution in [0.1, 0.15) is 0 Å². The molecule has 1 amide bonds. The highest BCUT2D eigenvalue weighted by Gasteiger charge is 2.13. The number of ether oxygens (including phenoxy) is 2. The summed E-state index contributed by atoms with van der Waals surface area (Å²) in [7, 11) is 1.41. The number of rotatable bonds is 6. The zero-order chi connectivity index (χ0) is 15.9. The molecule has 114 valence electrons. The first-order valence-corrected chi connectivity index (χ1v) is 6.40. The van der Waals surface area contributed by atoms with Crippen molar-refractivity contribution in [2.45, 2.75) is 0 Å². The van der Waals surface area contributed by atoms with Crippen molar-refractivity contribution in [3.05, 3.63) is 58.6 Å². The Morgan fingerprint density at radius 2 is 1.95 bits per heavy atom. The molecule has 0 bridgehead atoms. The second-order valence-electron chi connectivity index (χ2n) is 4.29. The normalized spacial score (nSPS) is 9.86. The van der Waals surface area contributed by atoms with E-state index < -0.39 is 10.8 Å². The maximum absolute atomic E-state index is 11.9. The molecule has 7 nitrogen and oxygen atoms in total. The van der Waals surface area contributed by atoms with Crippen LogP contribution < -0.4 is 14.8 Å². The SMILES string of the molecule is COc1ccc([N+](=O)[O-])cc1NC(=O)COc1ccccc1. The molecule has 0 fully saturated rings. The Balaban J connectivity index is 2.04. The Kier molecular flexibility index (Phi) is 4.92. The maximum atomic E-state index is 11.9. The van der Waals surface area contributed by atoms with Crippen LogP contribution in [-0.2, 0) is 4.79 Å². The monoisotopic (exact) mass is 302 g/mol. The molecular formula is C15H14N2O5. The molecule has 0 spiro atoms. The minimum atomic E-state index is -0.546. The Hall–Kier alpha value is -3.09. The highest BCUT2D eigenvalue weighted by Crippen LogP contribution is 2.28. The second kappa shape index (κ2) is 7.07. The van der Waals surface area contributed by atoms with Crippen LogP contribution in [0.25, 0.3) is 0 Å². The number of nitro groups is 1. The summed E-state index contributed by atoms with van der Waals surface area (Å²) in [4.78, 5) is 22.1. The van der Waals surface area contributed by atoms with Gasteiger partial charge in [0.2, 0.25) is 0 Å². The summed E-state index contributed by atoms with van der Waals surface area (Å²) >= 11 is 0. The third-order valence-electron chi connectivity index (χ3n) is 2.78. The number of carbonyl (C=O) groups excluding carboxylic acids is 1. The quantitative estimate of drug-likeness (QED) is 0.654. The van der Waals surface area contributed by atoms with Crippen LogP contribution >= 0.6 is 0 Å². The number of nitro benzene ring substituents is 1. The minimum absolute atomic E-state index is 0.139. The Morgan fingerprint density at radius 1 is 1.23 bits per heavy atom. The molecule has 0 aliphatic carbocycles. The van der Waals surface area contributed by atoms with E-state index in [0.29, 0.717) is 11.5 Å². The summed E-state index contributed by atoms with van der Waals surface area (Å²) in [6.45, 7) is -0.212. The molecule has 0 saturated heterocycles. The van der Waals surface area contributed by atoms with Gasteiger partial charge in [-0.1, -0.05) is 18.2 Å². The zero-order valence-corrected chi connectivity index (χ0v) is 11.8. The lowest BCUT2D eigenvalue weighted by Crippen LogP contribution is -2.20. The fourth-order valence-electron chi connectivity index (χ4n) is 1.76. The third-order valence-corrected chi connectivity index (χ3v) is 2.78. The van der Waals surface area contributed by atoms with Crippen LogP contribution in [0, 0.1) is 10.1 Å². The van der Waals surface area contributed by atoms with Gasteiger partial charge >= 0.3 is 0 Å². The van der Waals surface area contributed by atoms with Gasteiger partial charge in [-0.15, -0.1) is 0 Å². The smallest absolute Gasteiger partial charge is 0.271 e. The number of hydrogen-bond acceptors (Lipinski definition) is 5. The van der Waals surface area contributed by atoms with Gasteiger partial charge in [0.05, 0.1) is 17.7 Å². The molecule has 0 radical (unpaired) electrons. The second-order valence-corrected chi connectivity index (χ2v) is 4.29. The maximum Gasteiger partial charge on any atom is 0.271 e. The number of non-ortho nitro benzene ring substituents is 1. The molecule has 0 aromatic heterocycles. The first kappa shape index (κ1) is 15.3. The lowest BCUT2D eigenvalue weighted by Gasteiger charge is -2.10. The molecule has 2 aromatic carbocycles. The molecule has 2 aromatic rings. The van der Waals surface area contributed by atoms with Crippen molar-refractivity contribution in [1.82, 2.24) is 0 Å². The molecule has 2 rings (SSSR count). The summed E-state index contributed by atoms with van der Waals surface area (Å²) in [5.41, 5.74) is 0.0819. The van der Waals surface area contributed by atoms with E-state index in [-0.39, 0.29) is 18.0 Å². The van der Waals surface area contributed by atoms with Crippen LogP contribution in [-0.4, -0.2) is 24.5 Å². The van der Waals surface area contributed by atoms with Crippen molar-refractivity contribution in [2.75, 3.05) is 19.0 Å². The largest absolute Gasteiger partial charge is 0.495 e. The average molecular weight is 302 g/mol. The Bertz CT molecular complexity index is 673.